The van der Waals surface area contributed by atoms with Crippen molar-refractivity contribution in [2.45, 2.75) is 13.0 Å². The zero-order valence-electron chi connectivity index (χ0n) is 9.86. The van der Waals surface area contributed by atoms with Crippen molar-refractivity contribution >= 4 is 22.6 Å². The Bertz CT molecular complexity index is 540. The molecule has 2 nitrogen and oxygen atoms in total. The van der Waals surface area contributed by atoms with E-state index in [1.165, 1.54) is 12.1 Å². The summed E-state index contributed by atoms with van der Waals surface area (Å²) in [6.45, 7) is 1.80. The van der Waals surface area contributed by atoms with Gasteiger partial charge in [0, 0.05) is 15.2 Å². The molecule has 0 saturated carbocycles. The second-order valence-corrected chi connectivity index (χ2v) is 5.27. The highest BCUT2D eigenvalue weighted by molar-refractivity contribution is 14.1. The first-order valence-electron chi connectivity index (χ1n) is 5.54. The fraction of sp³-hybridized carbons (Fsp3) is 0.143. The van der Waals surface area contributed by atoms with Crippen molar-refractivity contribution in [1.82, 2.24) is 0 Å². The molecule has 18 heavy (non-hydrogen) atoms. The standard InChI is InChI=1S/C14H13FINO/c1-9(17)13-8-10(15)2-7-14(13)18-12-5-3-11(16)4-6-12/h2-9H,17H2,1H3/t9-/m0/s1. The molecular weight excluding hydrogens is 344 g/mol. The van der Waals surface area contributed by atoms with Crippen LogP contribution in [0.25, 0.3) is 0 Å². The molecule has 0 heterocycles. The molecule has 2 aromatic rings. The van der Waals surface area contributed by atoms with Crippen molar-refractivity contribution in [1.29, 1.82) is 0 Å². The number of hydrogen-bond acceptors (Lipinski definition) is 2. The first-order valence-corrected chi connectivity index (χ1v) is 6.62. The van der Waals surface area contributed by atoms with E-state index in [0.717, 1.165) is 3.57 Å². The van der Waals surface area contributed by atoms with E-state index in [1.54, 1.807) is 13.0 Å². The van der Waals surface area contributed by atoms with E-state index in [-0.39, 0.29) is 11.9 Å². The monoisotopic (exact) mass is 357 g/mol. The number of hydrogen-bond donors (Lipinski definition) is 1. The van der Waals surface area contributed by atoms with Gasteiger partial charge in [-0.25, -0.2) is 4.39 Å². The third-order valence-electron chi connectivity index (χ3n) is 2.50. The predicted molar refractivity (Wildman–Crippen MR) is 78.2 cm³/mol. The predicted octanol–water partition coefficient (Wildman–Crippen LogP) is 4.24. The molecule has 2 N–H and O–H groups in total. The highest BCUT2D eigenvalue weighted by Crippen LogP contribution is 2.29. The smallest absolute Gasteiger partial charge is 0.132 e. The maximum atomic E-state index is 13.2. The molecule has 0 amide bonds. The van der Waals surface area contributed by atoms with Crippen molar-refractivity contribution in [2.24, 2.45) is 5.73 Å². The summed E-state index contributed by atoms with van der Waals surface area (Å²) in [5.74, 6) is 0.994. The Morgan fingerprint density at radius 3 is 2.44 bits per heavy atom. The van der Waals surface area contributed by atoms with Gasteiger partial charge in [-0.15, -0.1) is 0 Å². The van der Waals surface area contributed by atoms with Gasteiger partial charge in [-0.05, 0) is 72.0 Å². The third kappa shape index (κ3) is 3.20. The minimum atomic E-state index is -0.308. The van der Waals surface area contributed by atoms with Gasteiger partial charge in [0.1, 0.15) is 17.3 Å². The SMILES string of the molecule is C[C@H](N)c1cc(F)ccc1Oc1ccc(I)cc1. The Kier molecular flexibility index (Phi) is 4.19. The molecule has 0 aliphatic rings. The minimum Gasteiger partial charge on any atom is -0.457 e. The molecule has 0 fully saturated rings. The second kappa shape index (κ2) is 5.67. The lowest BCUT2D eigenvalue weighted by Crippen LogP contribution is -2.07. The van der Waals surface area contributed by atoms with E-state index in [1.807, 2.05) is 24.3 Å². The molecule has 94 valence electrons. The first-order chi connectivity index (χ1) is 8.56. The van der Waals surface area contributed by atoms with Crippen LogP contribution in [0.5, 0.6) is 11.5 Å². The molecule has 2 aromatic carbocycles. The van der Waals surface area contributed by atoms with Crippen molar-refractivity contribution < 1.29 is 9.13 Å². The maximum absolute atomic E-state index is 13.2. The Labute approximate surface area is 119 Å². The van der Waals surface area contributed by atoms with E-state index in [9.17, 15) is 4.39 Å². The van der Waals surface area contributed by atoms with Crippen molar-refractivity contribution in [2.75, 3.05) is 0 Å². The van der Waals surface area contributed by atoms with Crippen LogP contribution >= 0.6 is 22.6 Å². The van der Waals surface area contributed by atoms with Crippen LogP contribution in [0.1, 0.15) is 18.5 Å². The lowest BCUT2D eigenvalue weighted by molar-refractivity contribution is 0.469. The van der Waals surface area contributed by atoms with E-state index in [4.69, 9.17) is 10.5 Å². The van der Waals surface area contributed by atoms with Gasteiger partial charge in [0.2, 0.25) is 0 Å². The van der Waals surface area contributed by atoms with Gasteiger partial charge in [0.05, 0.1) is 0 Å². The first kappa shape index (κ1) is 13.3. The van der Waals surface area contributed by atoms with Crippen LogP contribution < -0.4 is 10.5 Å². The van der Waals surface area contributed by atoms with Crippen LogP contribution in [-0.2, 0) is 0 Å². The number of ether oxygens (including phenoxy) is 1. The van der Waals surface area contributed by atoms with Gasteiger partial charge in [-0.2, -0.15) is 0 Å². The van der Waals surface area contributed by atoms with Crippen molar-refractivity contribution in [3.63, 3.8) is 0 Å². The zero-order chi connectivity index (χ0) is 13.1. The number of rotatable bonds is 3. The van der Waals surface area contributed by atoms with Crippen LogP contribution in [-0.4, -0.2) is 0 Å². The summed E-state index contributed by atoms with van der Waals surface area (Å²) in [5, 5.41) is 0. The van der Waals surface area contributed by atoms with E-state index in [2.05, 4.69) is 22.6 Å². The van der Waals surface area contributed by atoms with Gasteiger partial charge < -0.3 is 10.5 Å². The molecule has 1 atom stereocenters. The minimum absolute atomic E-state index is 0.278. The fourth-order valence-corrected chi connectivity index (χ4v) is 1.96. The van der Waals surface area contributed by atoms with Crippen LogP contribution in [0.2, 0.25) is 0 Å². The summed E-state index contributed by atoms with van der Waals surface area (Å²) in [6, 6.07) is 11.7. The molecular formula is C14H13FINO. The van der Waals surface area contributed by atoms with E-state index in [0.29, 0.717) is 17.1 Å². The molecule has 0 spiro atoms. The topological polar surface area (TPSA) is 35.2 Å². The van der Waals surface area contributed by atoms with Crippen LogP contribution in [0.4, 0.5) is 4.39 Å². The number of benzene rings is 2. The molecule has 0 saturated heterocycles. The Balaban J connectivity index is 2.31. The molecule has 0 aromatic heterocycles. The molecule has 0 bridgehead atoms. The van der Waals surface area contributed by atoms with E-state index < -0.39 is 0 Å². The lowest BCUT2D eigenvalue weighted by atomic mass is 10.1. The largest absolute Gasteiger partial charge is 0.457 e. The molecule has 2 rings (SSSR count). The number of halogens is 2. The Morgan fingerprint density at radius 1 is 1.17 bits per heavy atom. The molecule has 4 heteroatoms. The highest BCUT2D eigenvalue weighted by Gasteiger charge is 2.10. The fourth-order valence-electron chi connectivity index (χ4n) is 1.60. The summed E-state index contributed by atoms with van der Waals surface area (Å²) in [7, 11) is 0. The Morgan fingerprint density at radius 2 is 1.83 bits per heavy atom. The van der Waals surface area contributed by atoms with Crippen LogP contribution in [0, 0.1) is 9.39 Å². The summed E-state index contributed by atoms with van der Waals surface area (Å²) < 4.78 is 20.0. The molecule has 0 unspecified atom stereocenters. The van der Waals surface area contributed by atoms with E-state index >= 15 is 0 Å². The average molecular weight is 357 g/mol. The summed E-state index contributed by atoms with van der Waals surface area (Å²) >= 11 is 2.22. The van der Waals surface area contributed by atoms with Crippen molar-refractivity contribution in [3.8, 4) is 11.5 Å². The van der Waals surface area contributed by atoms with Crippen molar-refractivity contribution in [3.05, 3.63) is 57.4 Å². The summed E-state index contributed by atoms with van der Waals surface area (Å²) in [4.78, 5) is 0. The molecule has 0 radical (unpaired) electrons. The molecule has 0 aliphatic carbocycles. The quantitative estimate of drug-likeness (QED) is 0.834. The van der Waals surface area contributed by atoms with Gasteiger partial charge in [-0.1, -0.05) is 0 Å². The van der Waals surface area contributed by atoms with Gasteiger partial charge in [0.25, 0.3) is 0 Å². The van der Waals surface area contributed by atoms with Gasteiger partial charge >= 0.3 is 0 Å². The number of nitrogens with two attached hydrogens (primary N) is 1. The maximum Gasteiger partial charge on any atom is 0.132 e. The highest BCUT2D eigenvalue weighted by atomic mass is 127. The Hall–Kier alpha value is -1.14. The average Bonchev–Trinajstić information content (AvgIpc) is 2.34. The zero-order valence-corrected chi connectivity index (χ0v) is 12.0. The van der Waals surface area contributed by atoms with Gasteiger partial charge in [-0.3, -0.25) is 0 Å². The summed E-state index contributed by atoms with van der Waals surface area (Å²) in [5.41, 5.74) is 6.47. The van der Waals surface area contributed by atoms with Crippen LogP contribution in [0.15, 0.2) is 42.5 Å². The lowest BCUT2D eigenvalue weighted by Gasteiger charge is -2.13. The third-order valence-corrected chi connectivity index (χ3v) is 3.22. The summed E-state index contributed by atoms with van der Waals surface area (Å²) in [6.07, 6.45) is 0. The van der Waals surface area contributed by atoms with Crippen LogP contribution in [0.3, 0.4) is 0 Å². The second-order valence-electron chi connectivity index (χ2n) is 4.03. The normalized spacial score (nSPS) is 12.2. The molecule has 0 aliphatic heterocycles. The van der Waals surface area contributed by atoms with Gasteiger partial charge in [0.15, 0.2) is 0 Å².